The second-order valence-corrected chi connectivity index (χ2v) is 4.82. The molecule has 2 aliphatic rings. The van der Waals surface area contributed by atoms with E-state index >= 15 is 0 Å². The Morgan fingerprint density at radius 1 is 1.50 bits per heavy atom. The van der Waals surface area contributed by atoms with E-state index in [1.807, 2.05) is 0 Å². The number of hydrogen-bond donors (Lipinski definition) is 2. The van der Waals surface area contributed by atoms with Gasteiger partial charge in [-0.15, -0.1) is 0 Å². The zero-order valence-electron chi connectivity index (χ0n) is 9.88. The second kappa shape index (κ2) is 4.05. The predicted octanol–water partition coefficient (Wildman–Crippen LogP) is 0.459. The molecule has 2 N–H and O–H groups in total. The van der Waals surface area contributed by atoms with Crippen molar-refractivity contribution >= 4 is 11.9 Å². The van der Waals surface area contributed by atoms with Gasteiger partial charge in [0.15, 0.2) is 0 Å². The fraction of sp³-hybridized carbons (Fsp3) is 0.818. The highest BCUT2D eigenvalue weighted by Crippen LogP contribution is 2.26. The smallest absolute Gasteiger partial charge is 0.322 e. The molecule has 2 fully saturated rings. The Morgan fingerprint density at radius 3 is 2.81 bits per heavy atom. The van der Waals surface area contributed by atoms with Gasteiger partial charge in [-0.2, -0.15) is 0 Å². The van der Waals surface area contributed by atoms with E-state index in [-0.39, 0.29) is 11.9 Å². The third-order valence-corrected chi connectivity index (χ3v) is 3.75. The Balaban J connectivity index is 2.11. The summed E-state index contributed by atoms with van der Waals surface area (Å²) in [5.41, 5.74) is -0.668. The van der Waals surface area contributed by atoms with E-state index < -0.39 is 5.54 Å². The van der Waals surface area contributed by atoms with E-state index in [0.29, 0.717) is 12.6 Å². The summed E-state index contributed by atoms with van der Waals surface area (Å²) < 4.78 is 0. The van der Waals surface area contributed by atoms with Crippen LogP contribution in [0.5, 0.6) is 0 Å². The van der Waals surface area contributed by atoms with Crippen molar-refractivity contribution in [3.8, 4) is 0 Å². The van der Waals surface area contributed by atoms with Gasteiger partial charge in [0, 0.05) is 12.6 Å². The Labute approximate surface area is 95.6 Å². The lowest BCUT2D eigenvalue weighted by atomic mass is 9.88. The standard InChI is InChI=1S/C11H19N3O2/c1-3-8(2)14-6-4-5-11(7-14)9(15)12-10(16)13-11/h8H,3-7H2,1-2H3,(H2,12,13,15,16). The highest BCUT2D eigenvalue weighted by Gasteiger charge is 2.48. The van der Waals surface area contributed by atoms with Crippen LogP contribution in [0.2, 0.25) is 0 Å². The van der Waals surface area contributed by atoms with Crippen LogP contribution in [-0.4, -0.2) is 41.5 Å². The number of amides is 3. The first-order valence-corrected chi connectivity index (χ1v) is 5.95. The molecule has 2 rings (SSSR count). The largest absolute Gasteiger partial charge is 0.322 e. The molecule has 90 valence electrons. The lowest BCUT2D eigenvalue weighted by Gasteiger charge is -2.40. The van der Waals surface area contributed by atoms with Crippen molar-refractivity contribution in [2.45, 2.75) is 44.7 Å². The number of imide groups is 1. The average molecular weight is 225 g/mol. The molecule has 0 saturated carbocycles. The summed E-state index contributed by atoms with van der Waals surface area (Å²) in [6.45, 7) is 5.95. The SMILES string of the molecule is CCC(C)N1CCCC2(C1)NC(=O)NC2=O. The van der Waals surface area contributed by atoms with Gasteiger partial charge >= 0.3 is 6.03 Å². The van der Waals surface area contributed by atoms with Crippen LogP contribution in [0, 0.1) is 0 Å². The Morgan fingerprint density at radius 2 is 2.25 bits per heavy atom. The van der Waals surface area contributed by atoms with Crippen molar-refractivity contribution in [1.82, 2.24) is 15.5 Å². The van der Waals surface area contributed by atoms with Crippen LogP contribution in [0.4, 0.5) is 4.79 Å². The molecule has 2 unspecified atom stereocenters. The van der Waals surface area contributed by atoms with Crippen LogP contribution >= 0.6 is 0 Å². The van der Waals surface area contributed by atoms with Gasteiger partial charge in [-0.25, -0.2) is 4.79 Å². The zero-order chi connectivity index (χ0) is 11.8. The van der Waals surface area contributed by atoms with E-state index in [4.69, 9.17) is 0 Å². The maximum atomic E-state index is 11.8. The third-order valence-electron chi connectivity index (χ3n) is 3.75. The first-order chi connectivity index (χ1) is 7.57. The molecular weight excluding hydrogens is 206 g/mol. The van der Waals surface area contributed by atoms with Crippen LogP contribution < -0.4 is 10.6 Å². The monoisotopic (exact) mass is 225 g/mol. The predicted molar refractivity (Wildman–Crippen MR) is 60.0 cm³/mol. The van der Waals surface area contributed by atoms with Gasteiger partial charge in [0.2, 0.25) is 0 Å². The van der Waals surface area contributed by atoms with Gasteiger partial charge < -0.3 is 5.32 Å². The Bertz CT molecular complexity index is 318. The summed E-state index contributed by atoms with van der Waals surface area (Å²) in [5, 5.41) is 5.13. The number of piperidine rings is 1. The lowest BCUT2D eigenvalue weighted by molar-refractivity contribution is -0.126. The van der Waals surface area contributed by atoms with Gasteiger partial charge in [0.05, 0.1) is 0 Å². The highest BCUT2D eigenvalue weighted by molar-refractivity contribution is 6.07. The van der Waals surface area contributed by atoms with Crippen LogP contribution in [-0.2, 0) is 4.79 Å². The van der Waals surface area contributed by atoms with Crippen LogP contribution in [0.15, 0.2) is 0 Å². The van der Waals surface area contributed by atoms with E-state index in [1.54, 1.807) is 0 Å². The molecule has 0 radical (unpaired) electrons. The molecule has 5 nitrogen and oxygen atoms in total. The molecule has 0 aromatic heterocycles. The summed E-state index contributed by atoms with van der Waals surface area (Å²) in [5.74, 6) is -0.162. The molecule has 16 heavy (non-hydrogen) atoms. The van der Waals surface area contributed by atoms with Crippen LogP contribution in [0.1, 0.15) is 33.1 Å². The Hall–Kier alpha value is -1.10. The maximum Gasteiger partial charge on any atom is 0.322 e. The van der Waals surface area contributed by atoms with Gasteiger partial charge in [-0.1, -0.05) is 6.92 Å². The summed E-state index contributed by atoms with van der Waals surface area (Å²) in [6.07, 6.45) is 2.77. The van der Waals surface area contributed by atoms with Gasteiger partial charge in [0.25, 0.3) is 5.91 Å². The van der Waals surface area contributed by atoms with Crippen LogP contribution in [0.25, 0.3) is 0 Å². The molecule has 2 saturated heterocycles. The molecule has 2 atom stereocenters. The molecule has 2 aliphatic heterocycles. The van der Waals surface area contributed by atoms with Crippen molar-refractivity contribution in [2.24, 2.45) is 0 Å². The molecule has 0 aliphatic carbocycles. The van der Waals surface area contributed by atoms with Crippen molar-refractivity contribution in [1.29, 1.82) is 0 Å². The van der Waals surface area contributed by atoms with E-state index in [0.717, 1.165) is 25.8 Å². The molecule has 3 amide bonds. The topological polar surface area (TPSA) is 61.4 Å². The van der Waals surface area contributed by atoms with Crippen molar-refractivity contribution in [2.75, 3.05) is 13.1 Å². The number of carbonyl (C=O) groups is 2. The van der Waals surface area contributed by atoms with E-state index in [2.05, 4.69) is 29.4 Å². The van der Waals surface area contributed by atoms with Crippen molar-refractivity contribution < 1.29 is 9.59 Å². The number of urea groups is 1. The minimum absolute atomic E-state index is 0.162. The van der Waals surface area contributed by atoms with Gasteiger partial charge in [0.1, 0.15) is 5.54 Å². The highest BCUT2D eigenvalue weighted by atomic mass is 16.2. The molecule has 0 aromatic carbocycles. The van der Waals surface area contributed by atoms with E-state index in [1.165, 1.54) is 0 Å². The van der Waals surface area contributed by atoms with Gasteiger partial charge in [-0.05, 0) is 32.7 Å². The minimum Gasteiger partial charge on any atom is -0.322 e. The van der Waals surface area contributed by atoms with Gasteiger partial charge in [-0.3, -0.25) is 15.0 Å². The number of rotatable bonds is 2. The summed E-state index contributed by atoms with van der Waals surface area (Å²) >= 11 is 0. The molecule has 0 aromatic rings. The third kappa shape index (κ3) is 1.80. The number of nitrogens with one attached hydrogen (secondary N) is 2. The number of nitrogens with zero attached hydrogens (tertiary/aromatic N) is 1. The molecule has 2 heterocycles. The molecule has 1 spiro atoms. The quantitative estimate of drug-likeness (QED) is 0.671. The molecule has 0 bridgehead atoms. The first-order valence-electron chi connectivity index (χ1n) is 5.95. The summed E-state index contributed by atoms with van der Waals surface area (Å²) in [6, 6.07) is 0.110. The first kappa shape index (κ1) is 11.4. The fourth-order valence-electron chi connectivity index (χ4n) is 2.54. The second-order valence-electron chi connectivity index (χ2n) is 4.82. The lowest BCUT2D eigenvalue weighted by Crippen LogP contribution is -2.59. The zero-order valence-corrected chi connectivity index (χ0v) is 9.88. The number of hydrogen-bond acceptors (Lipinski definition) is 3. The molecular formula is C11H19N3O2. The number of likely N-dealkylation sites (tertiary alicyclic amines) is 1. The fourth-order valence-corrected chi connectivity index (χ4v) is 2.54. The summed E-state index contributed by atoms with van der Waals surface area (Å²) in [4.78, 5) is 25.3. The maximum absolute atomic E-state index is 11.8. The van der Waals surface area contributed by atoms with E-state index in [9.17, 15) is 9.59 Å². The molecule has 5 heteroatoms. The minimum atomic E-state index is -0.668. The Kier molecular flexibility index (Phi) is 2.88. The van der Waals surface area contributed by atoms with Crippen LogP contribution in [0.3, 0.4) is 0 Å². The van der Waals surface area contributed by atoms with Crippen molar-refractivity contribution in [3.63, 3.8) is 0 Å². The average Bonchev–Trinajstić information content (AvgIpc) is 2.52. The number of carbonyl (C=O) groups excluding carboxylic acids is 2. The summed E-state index contributed by atoms with van der Waals surface area (Å²) in [7, 11) is 0. The van der Waals surface area contributed by atoms with Crippen molar-refractivity contribution in [3.05, 3.63) is 0 Å². The normalized spacial score (nSPS) is 32.6.